The summed E-state index contributed by atoms with van der Waals surface area (Å²) in [5.41, 5.74) is 0.182. The average molecular weight is 196 g/mol. The van der Waals surface area contributed by atoms with Crippen LogP contribution in [-0.2, 0) is 4.79 Å². The highest BCUT2D eigenvalue weighted by atomic mass is 16.2. The minimum absolute atomic E-state index is 0.144. The van der Waals surface area contributed by atoms with Crippen molar-refractivity contribution in [2.45, 2.75) is 38.6 Å². The summed E-state index contributed by atoms with van der Waals surface area (Å²) < 4.78 is 0. The van der Waals surface area contributed by atoms with Gasteiger partial charge in [0, 0.05) is 19.0 Å². The van der Waals surface area contributed by atoms with Crippen molar-refractivity contribution in [2.75, 3.05) is 19.6 Å². The fourth-order valence-corrected chi connectivity index (χ4v) is 2.77. The first-order valence-corrected chi connectivity index (χ1v) is 5.68. The fourth-order valence-electron chi connectivity index (χ4n) is 2.77. The van der Waals surface area contributed by atoms with Crippen LogP contribution in [0.25, 0.3) is 0 Å². The summed E-state index contributed by atoms with van der Waals surface area (Å²) in [6.07, 6.45) is 3.52. The number of hydrogen-bond acceptors (Lipinski definition) is 2. The Morgan fingerprint density at radius 1 is 1.43 bits per heavy atom. The molecule has 2 heterocycles. The third-order valence-corrected chi connectivity index (χ3v) is 3.58. The Bertz CT molecular complexity index is 226. The van der Waals surface area contributed by atoms with E-state index in [0.29, 0.717) is 5.91 Å². The first kappa shape index (κ1) is 9.97. The van der Waals surface area contributed by atoms with Crippen LogP contribution in [0.2, 0.25) is 0 Å². The molecule has 2 aliphatic rings. The highest BCUT2D eigenvalue weighted by Gasteiger charge is 2.45. The molecule has 1 atom stereocenters. The molecule has 14 heavy (non-hydrogen) atoms. The summed E-state index contributed by atoms with van der Waals surface area (Å²) in [7, 11) is 0. The molecule has 1 amide bonds. The molecule has 0 aromatic heterocycles. The fraction of sp³-hybridized carbons (Fsp3) is 0.909. The second-order valence-corrected chi connectivity index (χ2v) is 4.90. The van der Waals surface area contributed by atoms with E-state index >= 15 is 0 Å². The lowest BCUT2D eigenvalue weighted by molar-refractivity contribution is -0.138. The number of rotatable bonds is 1. The van der Waals surface area contributed by atoms with Crippen LogP contribution in [0, 0.1) is 5.92 Å². The van der Waals surface area contributed by atoms with Gasteiger partial charge in [-0.05, 0) is 25.8 Å². The summed E-state index contributed by atoms with van der Waals surface area (Å²) in [6.45, 7) is 7.04. The summed E-state index contributed by atoms with van der Waals surface area (Å²) >= 11 is 0. The quantitative estimate of drug-likeness (QED) is 0.678. The van der Waals surface area contributed by atoms with Gasteiger partial charge in [-0.25, -0.2) is 0 Å². The van der Waals surface area contributed by atoms with E-state index in [0.717, 1.165) is 26.1 Å². The molecule has 0 bridgehead atoms. The van der Waals surface area contributed by atoms with Gasteiger partial charge in [0.1, 0.15) is 0 Å². The Hall–Kier alpha value is -0.570. The smallest absolute Gasteiger partial charge is 0.225 e. The van der Waals surface area contributed by atoms with E-state index in [1.54, 1.807) is 0 Å². The first-order chi connectivity index (χ1) is 6.66. The largest absolute Gasteiger partial charge is 0.335 e. The van der Waals surface area contributed by atoms with Gasteiger partial charge in [0.15, 0.2) is 0 Å². The number of nitrogens with one attached hydrogen (secondary N) is 1. The average Bonchev–Trinajstić information content (AvgIpc) is 2.76. The Balaban J connectivity index is 2.14. The topological polar surface area (TPSA) is 32.3 Å². The maximum Gasteiger partial charge on any atom is 0.225 e. The number of carbonyl (C=O) groups is 1. The molecule has 0 radical (unpaired) electrons. The molecule has 80 valence electrons. The zero-order valence-corrected chi connectivity index (χ0v) is 9.18. The molecule has 3 heteroatoms. The molecule has 2 fully saturated rings. The monoisotopic (exact) mass is 196 g/mol. The highest BCUT2D eigenvalue weighted by Crippen LogP contribution is 2.35. The summed E-state index contributed by atoms with van der Waals surface area (Å²) in [5, 5.41) is 3.38. The Morgan fingerprint density at radius 2 is 2.21 bits per heavy atom. The standard InChI is InChI=1S/C11H20N2O/c1-9(2)10(14)13-7-3-4-11(13)5-6-12-8-11/h9,12H,3-8H2,1-2H3/t11-/m1/s1. The van der Waals surface area contributed by atoms with Crippen LogP contribution < -0.4 is 5.32 Å². The van der Waals surface area contributed by atoms with Crippen LogP contribution in [0.4, 0.5) is 0 Å². The van der Waals surface area contributed by atoms with Crippen LogP contribution in [-0.4, -0.2) is 36.0 Å². The van der Waals surface area contributed by atoms with Crippen molar-refractivity contribution >= 4 is 5.91 Å². The molecule has 3 nitrogen and oxygen atoms in total. The van der Waals surface area contributed by atoms with Crippen LogP contribution in [0.5, 0.6) is 0 Å². The molecule has 0 aromatic rings. The lowest BCUT2D eigenvalue weighted by Crippen LogP contribution is -2.50. The Kier molecular flexibility index (Phi) is 2.52. The van der Waals surface area contributed by atoms with E-state index < -0.39 is 0 Å². The summed E-state index contributed by atoms with van der Waals surface area (Å²) in [4.78, 5) is 14.1. The minimum Gasteiger partial charge on any atom is -0.335 e. The van der Waals surface area contributed by atoms with Crippen molar-refractivity contribution in [3.05, 3.63) is 0 Å². The molecule has 2 rings (SSSR count). The van der Waals surface area contributed by atoms with E-state index in [1.807, 2.05) is 13.8 Å². The van der Waals surface area contributed by atoms with Crippen molar-refractivity contribution in [3.8, 4) is 0 Å². The Morgan fingerprint density at radius 3 is 2.79 bits per heavy atom. The maximum absolute atomic E-state index is 12.0. The predicted molar refractivity (Wildman–Crippen MR) is 56.0 cm³/mol. The minimum atomic E-state index is 0.144. The second-order valence-electron chi connectivity index (χ2n) is 4.90. The van der Waals surface area contributed by atoms with Crippen LogP contribution in [0.1, 0.15) is 33.1 Å². The number of nitrogens with zero attached hydrogens (tertiary/aromatic N) is 1. The van der Waals surface area contributed by atoms with Crippen molar-refractivity contribution < 1.29 is 4.79 Å². The number of amides is 1. The van der Waals surface area contributed by atoms with Gasteiger partial charge in [-0.2, -0.15) is 0 Å². The summed E-state index contributed by atoms with van der Waals surface area (Å²) in [5.74, 6) is 0.483. The lowest BCUT2D eigenvalue weighted by Gasteiger charge is -2.35. The molecular formula is C11H20N2O. The van der Waals surface area contributed by atoms with Crippen molar-refractivity contribution in [2.24, 2.45) is 5.92 Å². The number of hydrogen-bond donors (Lipinski definition) is 1. The Labute approximate surface area is 85.8 Å². The van der Waals surface area contributed by atoms with E-state index in [-0.39, 0.29) is 11.5 Å². The van der Waals surface area contributed by atoms with Gasteiger partial charge in [0.2, 0.25) is 5.91 Å². The molecule has 1 spiro atoms. The molecule has 2 saturated heterocycles. The van der Waals surface area contributed by atoms with Crippen molar-refractivity contribution in [3.63, 3.8) is 0 Å². The van der Waals surface area contributed by atoms with Gasteiger partial charge in [0.05, 0.1) is 5.54 Å². The SMILES string of the molecule is CC(C)C(=O)N1CCC[C@]12CCNC2. The van der Waals surface area contributed by atoms with Crippen molar-refractivity contribution in [1.29, 1.82) is 0 Å². The van der Waals surface area contributed by atoms with Crippen LogP contribution >= 0.6 is 0 Å². The third kappa shape index (κ3) is 1.44. The normalized spacial score (nSPS) is 32.1. The predicted octanol–water partition coefficient (Wildman–Crippen LogP) is 0.997. The first-order valence-electron chi connectivity index (χ1n) is 5.68. The maximum atomic E-state index is 12.0. The zero-order chi connectivity index (χ0) is 10.2. The lowest BCUT2D eigenvalue weighted by atomic mass is 9.94. The van der Waals surface area contributed by atoms with Gasteiger partial charge < -0.3 is 10.2 Å². The van der Waals surface area contributed by atoms with Crippen LogP contribution in [0.15, 0.2) is 0 Å². The zero-order valence-electron chi connectivity index (χ0n) is 9.18. The van der Waals surface area contributed by atoms with Gasteiger partial charge in [0.25, 0.3) is 0 Å². The van der Waals surface area contributed by atoms with E-state index in [9.17, 15) is 4.79 Å². The van der Waals surface area contributed by atoms with Gasteiger partial charge >= 0.3 is 0 Å². The molecule has 0 saturated carbocycles. The summed E-state index contributed by atoms with van der Waals surface area (Å²) in [6, 6.07) is 0. The van der Waals surface area contributed by atoms with E-state index in [1.165, 1.54) is 12.8 Å². The molecule has 1 N–H and O–H groups in total. The molecule has 2 aliphatic heterocycles. The number of likely N-dealkylation sites (tertiary alicyclic amines) is 1. The van der Waals surface area contributed by atoms with Gasteiger partial charge in [-0.1, -0.05) is 13.8 Å². The van der Waals surface area contributed by atoms with Gasteiger partial charge in [-0.3, -0.25) is 4.79 Å². The van der Waals surface area contributed by atoms with E-state index in [2.05, 4.69) is 10.2 Å². The molecular weight excluding hydrogens is 176 g/mol. The van der Waals surface area contributed by atoms with Gasteiger partial charge in [-0.15, -0.1) is 0 Å². The molecule has 0 aromatic carbocycles. The highest BCUT2D eigenvalue weighted by molar-refractivity contribution is 5.79. The number of carbonyl (C=O) groups excluding carboxylic acids is 1. The molecule has 0 unspecified atom stereocenters. The van der Waals surface area contributed by atoms with Crippen molar-refractivity contribution in [1.82, 2.24) is 10.2 Å². The van der Waals surface area contributed by atoms with E-state index in [4.69, 9.17) is 0 Å². The molecule has 0 aliphatic carbocycles. The third-order valence-electron chi connectivity index (χ3n) is 3.58. The van der Waals surface area contributed by atoms with Crippen LogP contribution in [0.3, 0.4) is 0 Å². The second kappa shape index (κ2) is 3.54.